The van der Waals surface area contributed by atoms with Crippen LogP contribution in [0.1, 0.15) is 53.4 Å². The highest BCUT2D eigenvalue weighted by Crippen LogP contribution is 2.30. The fourth-order valence-electron chi connectivity index (χ4n) is 2.18. The van der Waals surface area contributed by atoms with Crippen LogP contribution in [0, 0.1) is 5.41 Å². The number of carboxylic acid groups (broad SMARTS) is 1. The molecule has 3 N–H and O–H groups in total. The SMILES string of the molecule is CC(C)(NC(=O)CNC1CCCC1)C(C)(C)C(=O)O. The fraction of sp³-hybridized carbons (Fsp3) is 0.857. The summed E-state index contributed by atoms with van der Waals surface area (Å²) in [6.07, 6.45) is 4.68. The van der Waals surface area contributed by atoms with Gasteiger partial charge in [-0.1, -0.05) is 12.8 Å². The number of rotatable bonds is 6. The summed E-state index contributed by atoms with van der Waals surface area (Å²) in [5, 5.41) is 15.3. The lowest BCUT2D eigenvalue weighted by Gasteiger charge is -2.38. The van der Waals surface area contributed by atoms with Gasteiger partial charge in [0.05, 0.1) is 17.5 Å². The monoisotopic (exact) mass is 270 g/mol. The van der Waals surface area contributed by atoms with E-state index in [9.17, 15) is 14.7 Å². The van der Waals surface area contributed by atoms with E-state index in [0.29, 0.717) is 6.04 Å². The normalized spacial score (nSPS) is 17.5. The highest BCUT2D eigenvalue weighted by atomic mass is 16.4. The van der Waals surface area contributed by atoms with Crippen molar-refractivity contribution in [3.05, 3.63) is 0 Å². The zero-order valence-corrected chi connectivity index (χ0v) is 12.4. The molecule has 1 rings (SSSR count). The Balaban J connectivity index is 2.47. The van der Waals surface area contributed by atoms with Crippen molar-refractivity contribution in [3.63, 3.8) is 0 Å². The van der Waals surface area contributed by atoms with Gasteiger partial charge in [0.1, 0.15) is 0 Å². The first kappa shape index (κ1) is 16.0. The maximum atomic E-state index is 11.9. The second-order valence-electron chi connectivity index (χ2n) is 6.47. The van der Waals surface area contributed by atoms with Crippen LogP contribution >= 0.6 is 0 Å². The van der Waals surface area contributed by atoms with Crippen LogP contribution in [0.4, 0.5) is 0 Å². The summed E-state index contributed by atoms with van der Waals surface area (Å²) < 4.78 is 0. The molecule has 110 valence electrons. The predicted octanol–water partition coefficient (Wildman–Crippen LogP) is 1.52. The molecule has 0 heterocycles. The Bertz CT molecular complexity index is 345. The Hall–Kier alpha value is -1.10. The van der Waals surface area contributed by atoms with Crippen molar-refractivity contribution in [2.75, 3.05) is 6.54 Å². The minimum Gasteiger partial charge on any atom is -0.481 e. The number of carbonyl (C=O) groups is 2. The number of carbonyl (C=O) groups excluding carboxylic acids is 1. The van der Waals surface area contributed by atoms with E-state index in [1.54, 1.807) is 27.7 Å². The van der Waals surface area contributed by atoms with Crippen molar-refractivity contribution in [2.45, 2.75) is 65.0 Å². The molecule has 0 bridgehead atoms. The molecular formula is C14H26N2O3. The predicted molar refractivity (Wildman–Crippen MR) is 73.9 cm³/mol. The maximum Gasteiger partial charge on any atom is 0.311 e. The molecule has 0 aromatic carbocycles. The molecule has 0 saturated heterocycles. The lowest BCUT2D eigenvalue weighted by molar-refractivity contribution is -0.151. The largest absolute Gasteiger partial charge is 0.481 e. The van der Waals surface area contributed by atoms with Crippen LogP contribution in [0.15, 0.2) is 0 Å². The number of aliphatic carboxylic acids is 1. The Morgan fingerprint density at radius 2 is 1.68 bits per heavy atom. The maximum absolute atomic E-state index is 11.9. The van der Waals surface area contributed by atoms with Gasteiger partial charge in [-0.3, -0.25) is 9.59 Å². The summed E-state index contributed by atoms with van der Waals surface area (Å²) in [7, 11) is 0. The zero-order valence-electron chi connectivity index (χ0n) is 12.4. The molecule has 1 aliphatic carbocycles. The first-order valence-electron chi connectivity index (χ1n) is 6.94. The minimum atomic E-state index is -1.02. The van der Waals surface area contributed by atoms with Crippen LogP contribution in [0.2, 0.25) is 0 Å². The Morgan fingerprint density at radius 1 is 1.16 bits per heavy atom. The second-order valence-corrected chi connectivity index (χ2v) is 6.47. The highest BCUT2D eigenvalue weighted by molar-refractivity contribution is 5.81. The Kier molecular flexibility index (Phi) is 4.96. The van der Waals surface area contributed by atoms with Crippen molar-refractivity contribution >= 4 is 11.9 Å². The third-order valence-corrected chi connectivity index (χ3v) is 4.46. The molecule has 19 heavy (non-hydrogen) atoms. The summed E-state index contributed by atoms with van der Waals surface area (Å²) in [6, 6.07) is 0.432. The van der Waals surface area contributed by atoms with Gasteiger partial charge in [-0.2, -0.15) is 0 Å². The smallest absolute Gasteiger partial charge is 0.311 e. The van der Waals surface area contributed by atoms with Gasteiger partial charge in [-0.25, -0.2) is 0 Å². The minimum absolute atomic E-state index is 0.147. The molecule has 0 radical (unpaired) electrons. The molecule has 1 aliphatic rings. The van der Waals surface area contributed by atoms with Crippen LogP contribution in [0.5, 0.6) is 0 Å². The molecule has 5 nitrogen and oxygen atoms in total. The number of hydrogen-bond acceptors (Lipinski definition) is 3. The van der Waals surface area contributed by atoms with E-state index in [1.807, 2.05) is 0 Å². The number of amides is 1. The summed E-state index contributed by atoms with van der Waals surface area (Å²) in [5.41, 5.74) is -1.82. The molecule has 0 aliphatic heterocycles. The zero-order chi connectivity index (χ0) is 14.7. The first-order valence-corrected chi connectivity index (χ1v) is 6.94. The number of nitrogens with one attached hydrogen (secondary N) is 2. The highest BCUT2D eigenvalue weighted by Gasteiger charge is 2.44. The summed E-state index contributed by atoms with van der Waals surface area (Å²) in [5.74, 6) is -1.06. The number of hydrogen-bond donors (Lipinski definition) is 3. The van der Waals surface area contributed by atoms with E-state index < -0.39 is 16.9 Å². The van der Waals surface area contributed by atoms with Gasteiger partial charge in [0.25, 0.3) is 0 Å². The molecule has 1 fully saturated rings. The topological polar surface area (TPSA) is 78.4 Å². The molecule has 0 atom stereocenters. The summed E-state index contributed by atoms with van der Waals surface area (Å²) in [6.45, 7) is 6.99. The standard InChI is InChI=1S/C14H26N2O3/c1-13(2,12(18)19)14(3,4)16-11(17)9-15-10-7-5-6-8-10/h10,15H,5-9H2,1-4H3,(H,16,17)(H,18,19). The molecule has 1 amide bonds. The van der Waals surface area contributed by atoms with E-state index in [1.165, 1.54) is 12.8 Å². The van der Waals surface area contributed by atoms with E-state index in [0.717, 1.165) is 12.8 Å². The molecule has 5 heteroatoms. The Morgan fingerprint density at radius 3 is 2.16 bits per heavy atom. The van der Waals surface area contributed by atoms with Gasteiger partial charge >= 0.3 is 5.97 Å². The van der Waals surface area contributed by atoms with Gasteiger partial charge < -0.3 is 15.7 Å². The van der Waals surface area contributed by atoms with E-state index in [2.05, 4.69) is 10.6 Å². The van der Waals surface area contributed by atoms with E-state index >= 15 is 0 Å². The molecule has 0 spiro atoms. The van der Waals surface area contributed by atoms with Gasteiger partial charge in [0.2, 0.25) is 5.91 Å². The van der Waals surface area contributed by atoms with Gasteiger partial charge in [0.15, 0.2) is 0 Å². The second kappa shape index (κ2) is 5.90. The van der Waals surface area contributed by atoms with Gasteiger partial charge in [-0.05, 0) is 40.5 Å². The van der Waals surface area contributed by atoms with Crippen molar-refractivity contribution < 1.29 is 14.7 Å². The average molecular weight is 270 g/mol. The van der Waals surface area contributed by atoms with Crippen LogP contribution in [-0.4, -0.2) is 35.1 Å². The number of carboxylic acids is 1. The molecule has 0 unspecified atom stereocenters. The molecule has 0 aromatic rings. The van der Waals surface area contributed by atoms with Crippen molar-refractivity contribution in [1.82, 2.24) is 10.6 Å². The van der Waals surface area contributed by atoms with Gasteiger partial charge in [-0.15, -0.1) is 0 Å². The summed E-state index contributed by atoms with van der Waals surface area (Å²) in [4.78, 5) is 23.2. The van der Waals surface area contributed by atoms with Crippen molar-refractivity contribution in [2.24, 2.45) is 5.41 Å². The lowest BCUT2D eigenvalue weighted by atomic mass is 9.74. The Labute approximate surface area is 115 Å². The van der Waals surface area contributed by atoms with E-state index in [4.69, 9.17) is 0 Å². The first-order chi connectivity index (χ1) is 8.67. The third-order valence-electron chi connectivity index (χ3n) is 4.46. The van der Waals surface area contributed by atoms with Gasteiger partial charge in [0, 0.05) is 6.04 Å². The van der Waals surface area contributed by atoms with E-state index in [-0.39, 0.29) is 12.5 Å². The van der Waals surface area contributed by atoms with Crippen LogP contribution < -0.4 is 10.6 Å². The summed E-state index contributed by atoms with van der Waals surface area (Å²) >= 11 is 0. The van der Waals surface area contributed by atoms with Crippen LogP contribution in [-0.2, 0) is 9.59 Å². The van der Waals surface area contributed by atoms with Crippen molar-refractivity contribution in [1.29, 1.82) is 0 Å². The molecular weight excluding hydrogens is 244 g/mol. The molecule has 0 aromatic heterocycles. The fourth-order valence-corrected chi connectivity index (χ4v) is 2.18. The van der Waals surface area contributed by atoms with Crippen LogP contribution in [0.3, 0.4) is 0 Å². The quantitative estimate of drug-likeness (QED) is 0.684. The average Bonchev–Trinajstić information content (AvgIpc) is 2.78. The lowest BCUT2D eigenvalue weighted by Crippen LogP contribution is -2.58. The third kappa shape index (κ3) is 3.93. The van der Waals surface area contributed by atoms with Crippen LogP contribution in [0.25, 0.3) is 0 Å². The van der Waals surface area contributed by atoms with Crippen molar-refractivity contribution in [3.8, 4) is 0 Å². The molecule has 1 saturated carbocycles.